The normalized spacial score (nSPS) is 25.3. The third-order valence-corrected chi connectivity index (χ3v) is 4.21. The van der Waals surface area contributed by atoms with Gasteiger partial charge in [0.05, 0.1) is 28.3 Å². The quantitative estimate of drug-likeness (QED) is 0.896. The van der Waals surface area contributed by atoms with Gasteiger partial charge in [-0.2, -0.15) is 0 Å². The zero-order valence-corrected chi connectivity index (χ0v) is 12.3. The van der Waals surface area contributed by atoms with Crippen LogP contribution in [0.3, 0.4) is 0 Å². The molecule has 0 spiro atoms. The van der Waals surface area contributed by atoms with Gasteiger partial charge in [0, 0.05) is 0 Å². The molecule has 1 N–H and O–H groups in total. The van der Waals surface area contributed by atoms with Gasteiger partial charge >= 0.3 is 0 Å². The van der Waals surface area contributed by atoms with Crippen LogP contribution in [0.2, 0.25) is 10.0 Å². The molecule has 1 heterocycles. The topological polar surface area (TPSA) is 21.3 Å². The molecule has 0 saturated carbocycles. The van der Waals surface area contributed by atoms with Crippen LogP contribution in [0, 0.1) is 0 Å². The first-order valence-electron chi connectivity index (χ1n) is 6.46. The average Bonchev–Trinajstić information content (AvgIpc) is 2.77. The standard InChI is InChI=1S/C14H19Cl2NO/c1-3-17-14(12-8-7-9(2)18-12)10-5-4-6-11(15)13(10)16/h4-6,9,12,14,17H,3,7-8H2,1-2H3. The van der Waals surface area contributed by atoms with Crippen molar-refractivity contribution in [1.29, 1.82) is 0 Å². The largest absolute Gasteiger partial charge is 0.373 e. The van der Waals surface area contributed by atoms with E-state index >= 15 is 0 Å². The lowest BCUT2D eigenvalue weighted by molar-refractivity contribution is 0.0320. The average molecular weight is 288 g/mol. The van der Waals surface area contributed by atoms with E-state index in [0.717, 1.165) is 24.9 Å². The highest BCUT2D eigenvalue weighted by atomic mass is 35.5. The molecule has 0 aromatic heterocycles. The first kappa shape index (κ1) is 14.1. The molecule has 1 fully saturated rings. The maximum absolute atomic E-state index is 6.31. The molecule has 4 heteroatoms. The van der Waals surface area contributed by atoms with E-state index in [9.17, 15) is 0 Å². The highest BCUT2D eigenvalue weighted by molar-refractivity contribution is 6.42. The predicted molar refractivity (Wildman–Crippen MR) is 76.4 cm³/mol. The molecule has 1 aliphatic rings. The first-order chi connectivity index (χ1) is 8.63. The van der Waals surface area contributed by atoms with E-state index in [1.807, 2.05) is 18.2 Å². The molecule has 0 amide bonds. The van der Waals surface area contributed by atoms with E-state index in [0.29, 0.717) is 16.1 Å². The minimum absolute atomic E-state index is 0.117. The van der Waals surface area contributed by atoms with Crippen LogP contribution in [0.1, 0.15) is 38.3 Å². The third kappa shape index (κ3) is 3.00. The van der Waals surface area contributed by atoms with Gasteiger partial charge in [0.1, 0.15) is 0 Å². The molecular weight excluding hydrogens is 269 g/mol. The van der Waals surface area contributed by atoms with Gasteiger partial charge in [-0.1, -0.05) is 42.3 Å². The van der Waals surface area contributed by atoms with Crippen LogP contribution in [0.25, 0.3) is 0 Å². The molecule has 2 nitrogen and oxygen atoms in total. The Morgan fingerprint density at radius 1 is 1.39 bits per heavy atom. The fourth-order valence-electron chi connectivity index (χ4n) is 2.50. The number of likely N-dealkylation sites (N-methyl/N-ethyl adjacent to an activating group) is 1. The Hall–Kier alpha value is -0.280. The third-order valence-electron chi connectivity index (χ3n) is 3.38. The van der Waals surface area contributed by atoms with E-state index in [1.165, 1.54) is 0 Å². The summed E-state index contributed by atoms with van der Waals surface area (Å²) < 4.78 is 5.96. The number of hydrogen-bond acceptors (Lipinski definition) is 2. The van der Waals surface area contributed by atoms with Crippen molar-refractivity contribution in [3.8, 4) is 0 Å². The van der Waals surface area contributed by atoms with Crippen LogP contribution in [0.15, 0.2) is 18.2 Å². The highest BCUT2D eigenvalue weighted by Crippen LogP contribution is 2.36. The van der Waals surface area contributed by atoms with Crippen LogP contribution in [0.4, 0.5) is 0 Å². The van der Waals surface area contributed by atoms with Gasteiger partial charge in [-0.15, -0.1) is 0 Å². The minimum Gasteiger partial charge on any atom is -0.373 e. The van der Waals surface area contributed by atoms with E-state index < -0.39 is 0 Å². The summed E-state index contributed by atoms with van der Waals surface area (Å²) >= 11 is 12.4. The Kier molecular flexibility index (Phi) is 4.91. The van der Waals surface area contributed by atoms with Crippen LogP contribution in [-0.4, -0.2) is 18.8 Å². The first-order valence-corrected chi connectivity index (χ1v) is 7.21. The Morgan fingerprint density at radius 2 is 2.17 bits per heavy atom. The molecule has 1 saturated heterocycles. The van der Waals surface area contributed by atoms with Gasteiger partial charge < -0.3 is 10.1 Å². The van der Waals surface area contributed by atoms with Crippen molar-refractivity contribution >= 4 is 23.2 Å². The predicted octanol–water partition coefficient (Wildman–Crippen LogP) is 4.21. The van der Waals surface area contributed by atoms with Gasteiger partial charge in [-0.3, -0.25) is 0 Å². The summed E-state index contributed by atoms with van der Waals surface area (Å²) in [4.78, 5) is 0. The zero-order valence-electron chi connectivity index (χ0n) is 10.7. The van der Waals surface area contributed by atoms with Gasteiger partial charge in [0.2, 0.25) is 0 Å². The van der Waals surface area contributed by atoms with Gasteiger partial charge in [0.15, 0.2) is 0 Å². The summed E-state index contributed by atoms with van der Waals surface area (Å²) in [7, 11) is 0. The maximum Gasteiger partial charge on any atom is 0.0774 e. The summed E-state index contributed by atoms with van der Waals surface area (Å²) in [6.07, 6.45) is 2.66. The molecule has 0 bridgehead atoms. The maximum atomic E-state index is 6.31. The van der Waals surface area contributed by atoms with Crippen molar-refractivity contribution in [2.75, 3.05) is 6.54 Å². The van der Waals surface area contributed by atoms with Gasteiger partial charge in [-0.05, 0) is 37.9 Å². The summed E-state index contributed by atoms with van der Waals surface area (Å²) in [5, 5.41) is 4.69. The van der Waals surface area contributed by atoms with Crippen molar-refractivity contribution in [1.82, 2.24) is 5.32 Å². The molecule has 3 unspecified atom stereocenters. The Morgan fingerprint density at radius 3 is 2.78 bits per heavy atom. The van der Waals surface area contributed by atoms with Crippen LogP contribution in [-0.2, 0) is 4.74 Å². The second kappa shape index (κ2) is 6.25. The molecule has 0 radical (unpaired) electrons. The van der Waals surface area contributed by atoms with Crippen molar-refractivity contribution in [3.05, 3.63) is 33.8 Å². The molecule has 100 valence electrons. The number of ether oxygens (including phenoxy) is 1. The van der Waals surface area contributed by atoms with E-state index in [1.54, 1.807) is 0 Å². The summed E-state index contributed by atoms with van der Waals surface area (Å²) in [6, 6.07) is 5.89. The molecule has 1 aromatic carbocycles. The summed E-state index contributed by atoms with van der Waals surface area (Å²) in [5.41, 5.74) is 1.03. The fourth-order valence-corrected chi connectivity index (χ4v) is 2.93. The molecule has 2 rings (SSSR count). The van der Waals surface area contributed by atoms with Crippen LogP contribution >= 0.6 is 23.2 Å². The fraction of sp³-hybridized carbons (Fsp3) is 0.571. The van der Waals surface area contributed by atoms with E-state index in [-0.39, 0.29) is 12.1 Å². The lowest BCUT2D eigenvalue weighted by Crippen LogP contribution is -2.32. The number of hydrogen-bond donors (Lipinski definition) is 1. The number of rotatable bonds is 4. The van der Waals surface area contributed by atoms with Gasteiger partial charge in [-0.25, -0.2) is 0 Å². The lowest BCUT2D eigenvalue weighted by atomic mass is 9.99. The summed E-state index contributed by atoms with van der Waals surface area (Å²) in [5.74, 6) is 0. The van der Waals surface area contributed by atoms with Crippen molar-refractivity contribution in [3.63, 3.8) is 0 Å². The molecular formula is C14H19Cl2NO. The molecule has 1 aromatic rings. The van der Waals surface area contributed by atoms with Crippen molar-refractivity contribution in [2.24, 2.45) is 0 Å². The number of benzene rings is 1. The molecule has 0 aliphatic carbocycles. The second-order valence-corrected chi connectivity index (χ2v) is 5.53. The molecule has 3 atom stereocenters. The number of halogens is 2. The molecule has 1 aliphatic heterocycles. The Labute approximate surface area is 119 Å². The lowest BCUT2D eigenvalue weighted by Gasteiger charge is -2.26. The van der Waals surface area contributed by atoms with E-state index in [4.69, 9.17) is 27.9 Å². The zero-order chi connectivity index (χ0) is 13.1. The SMILES string of the molecule is CCNC(c1cccc(Cl)c1Cl)C1CCC(C)O1. The van der Waals surface area contributed by atoms with Gasteiger partial charge in [0.25, 0.3) is 0 Å². The van der Waals surface area contributed by atoms with Crippen LogP contribution in [0.5, 0.6) is 0 Å². The number of nitrogens with one attached hydrogen (secondary N) is 1. The Balaban J connectivity index is 2.26. The summed E-state index contributed by atoms with van der Waals surface area (Å²) in [6.45, 7) is 5.08. The molecule has 18 heavy (non-hydrogen) atoms. The second-order valence-electron chi connectivity index (χ2n) is 4.74. The minimum atomic E-state index is 0.117. The monoisotopic (exact) mass is 287 g/mol. The van der Waals surface area contributed by atoms with Crippen molar-refractivity contribution < 1.29 is 4.74 Å². The smallest absolute Gasteiger partial charge is 0.0774 e. The van der Waals surface area contributed by atoms with E-state index in [2.05, 4.69) is 19.2 Å². The Bertz CT molecular complexity index is 411. The highest BCUT2D eigenvalue weighted by Gasteiger charge is 2.31. The van der Waals surface area contributed by atoms with Crippen LogP contribution < -0.4 is 5.32 Å². The van der Waals surface area contributed by atoms with Crippen molar-refractivity contribution in [2.45, 2.75) is 44.9 Å².